The summed E-state index contributed by atoms with van der Waals surface area (Å²) in [4.78, 5) is 21.2. The van der Waals surface area contributed by atoms with Gasteiger partial charge in [0.2, 0.25) is 0 Å². The molecule has 2 bridgehead atoms. The van der Waals surface area contributed by atoms with Crippen LogP contribution in [0, 0.1) is 5.92 Å². The van der Waals surface area contributed by atoms with Crippen LogP contribution < -0.4 is 10.6 Å². The molecule has 0 aliphatic carbocycles. The molecular formula is C22H44IN5O2. The van der Waals surface area contributed by atoms with E-state index in [0.29, 0.717) is 31.2 Å². The third kappa shape index (κ3) is 8.77. The van der Waals surface area contributed by atoms with E-state index in [9.17, 15) is 4.79 Å². The Morgan fingerprint density at radius 1 is 1.27 bits per heavy atom. The van der Waals surface area contributed by atoms with Gasteiger partial charge in [0.05, 0.1) is 0 Å². The van der Waals surface area contributed by atoms with Gasteiger partial charge in [0.15, 0.2) is 5.96 Å². The first kappa shape index (κ1) is 27.3. The highest BCUT2D eigenvalue weighted by Gasteiger charge is 2.36. The maximum absolute atomic E-state index is 12.2. The zero-order valence-electron chi connectivity index (χ0n) is 20.0. The molecule has 1 amide bonds. The van der Waals surface area contributed by atoms with Gasteiger partial charge >= 0.3 is 6.09 Å². The van der Waals surface area contributed by atoms with Crippen molar-refractivity contribution >= 4 is 36.0 Å². The normalized spacial score (nSPS) is 25.7. The molecule has 2 fully saturated rings. The number of carbonyl (C=O) groups is 1. The Hall–Kier alpha value is -0.770. The van der Waals surface area contributed by atoms with Crippen molar-refractivity contribution in [2.45, 2.75) is 90.4 Å². The summed E-state index contributed by atoms with van der Waals surface area (Å²) in [5, 5.41) is 7.06. The molecule has 2 rings (SSSR count). The maximum Gasteiger partial charge on any atom is 0.410 e. The summed E-state index contributed by atoms with van der Waals surface area (Å²) in [6.07, 6.45) is 6.09. The minimum atomic E-state index is -0.471. The lowest BCUT2D eigenvalue weighted by molar-refractivity contribution is 0.0279. The lowest BCUT2D eigenvalue weighted by atomic mass is 9.82. The first-order valence-electron chi connectivity index (χ1n) is 11.3. The van der Waals surface area contributed by atoms with Crippen LogP contribution in [-0.4, -0.2) is 79.3 Å². The Kier molecular flexibility index (Phi) is 11.2. The number of carbonyl (C=O) groups excluding carboxylic acids is 1. The molecule has 0 aromatic rings. The van der Waals surface area contributed by atoms with E-state index in [0.717, 1.165) is 12.5 Å². The first-order chi connectivity index (χ1) is 13.6. The predicted molar refractivity (Wildman–Crippen MR) is 135 cm³/mol. The molecule has 30 heavy (non-hydrogen) atoms. The molecule has 8 heteroatoms. The van der Waals surface area contributed by atoms with E-state index in [2.05, 4.69) is 36.4 Å². The molecule has 0 aromatic heterocycles. The molecule has 0 aromatic carbocycles. The van der Waals surface area contributed by atoms with E-state index in [4.69, 9.17) is 9.73 Å². The number of aliphatic imine (C=N–C) groups is 1. The lowest BCUT2D eigenvalue weighted by Crippen LogP contribution is -2.56. The summed E-state index contributed by atoms with van der Waals surface area (Å²) in [7, 11) is 4.07. The number of halogens is 1. The third-order valence-electron chi connectivity index (χ3n) is 5.88. The van der Waals surface area contributed by atoms with Crippen LogP contribution in [0.15, 0.2) is 4.99 Å². The Balaban J connectivity index is 0.00000450. The highest BCUT2D eigenvalue weighted by molar-refractivity contribution is 14.0. The van der Waals surface area contributed by atoms with Crippen molar-refractivity contribution in [1.29, 1.82) is 0 Å². The molecule has 0 saturated carbocycles. The van der Waals surface area contributed by atoms with Crippen molar-refractivity contribution in [3.05, 3.63) is 0 Å². The van der Waals surface area contributed by atoms with Crippen molar-refractivity contribution in [3.8, 4) is 0 Å². The molecule has 0 radical (unpaired) electrons. The zero-order valence-corrected chi connectivity index (χ0v) is 22.4. The minimum absolute atomic E-state index is 0. The number of nitrogens with zero attached hydrogens (tertiary/aromatic N) is 3. The van der Waals surface area contributed by atoms with Gasteiger partial charge in [-0.3, -0.25) is 4.99 Å². The first-order valence-corrected chi connectivity index (χ1v) is 11.3. The summed E-state index contributed by atoms with van der Waals surface area (Å²) < 4.78 is 5.43. The van der Waals surface area contributed by atoms with Gasteiger partial charge in [-0.15, -0.1) is 24.0 Å². The average Bonchev–Trinajstić information content (AvgIpc) is 2.59. The number of fused-ring (bicyclic) bond motifs is 2. The Morgan fingerprint density at radius 2 is 1.87 bits per heavy atom. The Bertz CT molecular complexity index is 552. The van der Waals surface area contributed by atoms with Crippen LogP contribution in [0.25, 0.3) is 0 Å². The molecular weight excluding hydrogens is 493 g/mol. The summed E-state index contributed by atoms with van der Waals surface area (Å²) in [5.74, 6) is 1.15. The predicted octanol–water partition coefficient (Wildman–Crippen LogP) is 3.68. The molecule has 3 unspecified atom stereocenters. The number of hydrogen-bond acceptors (Lipinski definition) is 4. The van der Waals surface area contributed by atoms with Crippen molar-refractivity contribution in [2.24, 2.45) is 10.9 Å². The van der Waals surface area contributed by atoms with Gasteiger partial charge in [-0.2, -0.15) is 0 Å². The van der Waals surface area contributed by atoms with Crippen LogP contribution in [0.4, 0.5) is 4.79 Å². The average molecular weight is 538 g/mol. The monoisotopic (exact) mass is 537 g/mol. The molecule has 7 nitrogen and oxygen atoms in total. The fourth-order valence-corrected chi connectivity index (χ4v) is 4.43. The number of hydrogen-bond donors (Lipinski definition) is 2. The molecule has 2 saturated heterocycles. The molecule has 3 atom stereocenters. The summed E-state index contributed by atoms with van der Waals surface area (Å²) >= 11 is 0. The fourth-order valence-electron chi connectivity index (χ4n) is 4.43. The van der Waals surface area contributed by atoms with E-state index in [1.165, 1.54) is 32.1 Å². The highest BCUT2D eigenvalue weighted by Crippen LogP contribution is 2.32. The van der Waals surface area contributed by atoms with Crippen LogP contribution in [0.5, 0.6) is 0 Å². The quantitative estimate of drug-likeness (QED) is 0.308. The molecule has 2 N–H and O–H groups in total. The van der Waals surface area contributed by atoms with E-state index < -0.39 is 5.60 Å². The molecule has 176 valence electrons. The van der Waals surface area contributed by atoms with Gasteiger partial charge in [-0.05, 0) is 66.3 Å². The summed E-state index contributed by atoms with van der Waals surface area (Å²) in [6.45, 7) is 12.0. The van der Waals surface area contributed by atoms with E-state index in [-0.39, 0.29) is 36.0 Å². The summed E-state index contributed by atoms with van der Waals surface area (Å²) in [5.41, 5.74) is -0.471. The van der Waals surface area contributed by atoms with Crippen LogP contribution in [0.2, 0.25) is 0 Å². The highest BCUT2D eigenvalue weighted by atomic mass is 127. The van der Waals surface area contributed by atoms with Gasteiger partial charge in [0.25, 0.3) is 0 Å². The number of ether oxygens (including phenoxy) is 1. The smallest absolute Gasteiger partial charge is 0.410 e. The van der Waals surface area contributed by atoms with Gasteiger partial charge in [-0.25, -0.2) is 4.79 Å². The van der Waals surface area contributed by atoms with Gasteiger partial charge < -0.3 is 25.2 Å². The molecule has 2 aliphatic heterocycles. The van der Waals surface area contributed by atoms with Crippen molar-refractivity contribution in [2.75, 3.05) is 33.7 Å². The summed E-state index contributed by atoms with van der Waals surface area (Å²) in [6, 6.07) is 1.88. The van der Waals surface area contributed by atoms with Gasteiger partial charge in [-0.1, -0.05) is 13.3 Å². The van der Waals surface area contributed by atoms with Crippen LogP contribution in [-0.2, 0) is 4.74 Å². The van der Waals surface area contributed by atoms with Crippen molar-refractivity contribution in [3.63, 3.8) is 0 Å². The maximum atomic E-state index is 12.2. The molecule has 2 heterocycles. The number of piperidine rings is 2. The van der Waals surface area contributed by atoms with Gasteiger partial charge in [0, 0.05) is 44.8 Å². The second kappa shape index (κ2) is 12.3. The number of amides is 1. The van der Waals surface area contributed by atoms with Crippen LogP contribution in [0.3, 0.4) is 0 Å². The largest absolute Gasteiger partial charge is 0.444 e. The standard InChI is InChI=1S/C22H43N5O2.HI/c1-8-23-20(25-17-12-18-10-9-11-19(13-17)27(18)7)24-14-16(2)15-26(6)21(28)29-22(3,4)5;/h16-19H,8-15H2,1-7H3,(H2,23,24,25);1H. The second-order valence-electron chi connectivity index (χ2n) is 9.90. The molecule has 0 spiro atoms. The van der Waals surface area contributed by atoms with Crippen molar-refractivity contribution < 1.29 is 9.53 Å². The van der Waals surface area contributed by atoms with Crippen molar-refractivity contribution in [1.82, 2.24) is 20.4 Å². The topological polar surface area (TPSA) is 69.2 Å². The Labute approximate surface area is 200 Å². The van der Waals surface area contributed by atoms with E-state index >= 15 is 0 Å². The number of rotatable bonds is 6. The van der Waals surface area contributed by atoms with Gasteiger partial charge in [0.1, 0.15) is 5.60 Å². The second-order valence-corrected chi connectivity index (χ2v) is 9.90. The molecule has 2 aliphatic rings. The van der Waals surface area contributed by atoms with Crippen LogP contribution in [0.1, 0.15) is 66.7 Å². The lowest BCUT2D eigenvalue weighted by Gasteiger charge is -2.47. The fraction of sp³-hybridized carbons (Fsp3) is 0.909. The Morgan fingerprint density at radius 3 is 2.40 bits per heavy atom. The van der Waals surface area contributed by atoms with Crippen LogP contribution >= 0.6 is 24.0 Å². The zero-order chi connectivity index (χ0) is 21.6. The minimum Gasteiger partial charge on any atom is -0.444 e. The number of guanidine groups is 1. The SMILES string of the molecule is CCNC(=NCC(C)CN(C)C(=O)OC(C)(C)C)NC1CC2CCCC(C1)N2C.I. The number of nitrogens with one attached hydrogen (secondary N) is 2. The third-order valence-corrected chi connectivity index (χ3v) is 5.88. The van der Waals surface area contributed by atoms with E-state index in [1.54, 1.807) is 11.9 Å². The van der Waals surface area contributed by atoms with E-state index in [1.807, 2.05) is 20.8 Å².